The first kappa shape index (κ1) is 21.2. The third kappa shape index (κ3) is 5.43. The van der Waals surface area contributed by atoms with E-state index in [0.717, 1.165) is 23.4 Å². The number of hydrogen-bond acceptors (Lipinski definition) is 6. The van der Waals surface area contributed by atoms with Gasteiger partial charge in [-0.25, -0.2) is 5.43 Å². The molecule has 2 N–H and O–H groups in total. The largest absolute Gasteiger partial charge is 0.502 e. The summed E-state index contributed by atoms with van der Waals surface area (Å²) in [5.41, 5.74) is 3.68. The van der Waals surface area contributed by atoms with Crippen LogP contribution in [0.1, 0.15) is 36.5 Å². The zero-order chi connectivity index (χ0) is 20.8. The number of aromatic hydroxyl groups is 1. The third-order valence-electron chi connectivity index (χ3n) is 3.91. The van der Waals surface area contributed by atoms with Gasteiger partial charge in [-0.1, -0.05) is 37.6 Å². The second-order valence-corrected chi connectivity index (χ2v) is 6.82. The molecule has 0 radical (unpaired) electrons. The predicted molar refractivity (Wildman–Crippen MR) is 106 cm³/mol. The van der Waals surface area contributed by atoms with Crippen molar-refractivity contribution in [2.45, 2.75) is 26.7 Å². The second-order valence-electron chi connectivity index (χ2n) is 6.38. The van der Waals surface area contributed by atoms with Crippen LogP contribution in [0.4, 0.5) is 5.69 Å². The number of nitro benzene ring substituents is 1. The maximum atomic E-state index is 11.9. The number of amides is 1. The number of rotatable bonds is 7. The summed E-state index contributed by atoms with van der Waals surface area (Å²) in [4.78, 5) is 22.0. The summed E-state index contributed by atoms with van der Waals surface area (Å²) in [6.45, 7) is 5.74. The summed E-state index contributed by atoms with van der Waals surface area (Å²) in [5, 5.41) is 24.5. The molecule has 8 nitrogen and oxygen atoms in total. The van der Waals surface area contributed by atoms with Gasteiger partial charge in [0.05, 0.1) is 11.1 Å². The van der Waals surface area contributed by atoms with Crippen LogP contribution < -0.4 is 10.2 Å². The number of ether oxygens (including phenoxy) is 1. The van der Waals surface area contributed by atoms with Crippen molar-refractivity contribution in [3.8, 4) is 11.5 Å². The van der Waals surface area contributed by atoms with E-state index in [1.54, 1.807) is 0 Å². The fraction of sp³-hybridized carbons (Fsp3) is 0.263. The number of benzene rings is 2. The molecular weight excluding hydrogens is 386 g/mol. The maximum absolute atomic E-state index is 11.9. The first-order valence-electron chi connectivity index (χ1n) is 8.41. The van der Waals surface area contributed by atoms with Gasteiger partial charge in [0.1, 0.15) is 5.75 Å². The molecule has 0 unspecified atom stereocenters. The lowest BCUT2D eigenvalue weighted by molar-refractivity contribution is -0.385. The molecule has 28 heavy (non-hydrogen) atoms. The van der Waals surface area contributed by atoms with Crippen LogP contribution in [-0.2, 0) is 4.79 Å². The summed E-state index contributed by atoms with van der Waals surface area (Å²) in [5.74, 6) is -0.185. The van der Waals surface area contributed by atoms with Gasteiger partial charge in [-0.05, 0) is 36.1 Å². The van der Waals surface area contributed by atoms with Gasteiger partial charge >= 0.3 is 5.69 Å². The van der Waals surface area contributed by atoms with Gasteiger partial charge in [-0.2, -0.15) is 5.10 Å². The van der Waals surface area contributed by atoms with E-state index >= 15 is 0 Å². The van der Waals surface area contributed by atoms with Gasteiger partial charge in [-0.3, -0.25) is 14.9 Å². The summed E-state index contributed by atoms with van der Waals surface area (Å²) >= 11 is 5.79. The highest BCUT2D eigenvalue weighted by Crippen LogP contribution is 2.32. The number of phenolic OH excluding ortho intramolecular Hbond substituents is 1. The Morgan fingerprint density at radius 3 is 2.75 bits per heavy atom. The average Bonchev–Trinajstić information content (AvgIpc) is 2.63. The number of halogens is 1. The van der Waals surface area contributed by atoms with Crippen LogP contribution in [0.2, 0.25) is 5.02 Å². The van der Waals surface area contributed by atoms with Gasteiger partial charge in [0.15, 0.2) is 6.61 Å². The van der Waals surface area contributed by atoms with Crippen molar-refractivity contribution in [2.24, 2.45) is 5.10 Å². The Balaban J connectivity index is 2.00. The molecule has 0 aliphatic carbocycles. The van der Waals surface area contributed by atoms with Crippen molar-refractivity contribution in [1.82, 2.24) is 5.43 Å². The van der Waals surface area contributed by atoms with E-state index < -0.39 is 22.3 Å². The predicted octanol–water partition coefficient (Wildman–Crippen LogP) is 3.91. The fourth-order valence-corrected chi connectivity index (χ4v) is 2.54. The second kappa shape index (κ2) is 9.18. The summed E-state index contributed by atoms with van der Waals surface area (Å²) in [6.07, 6.45) is 1.07. The third-order valence-corrected chi connectivity index (χ3v) is 4.13. The normalized spacial score (nSPS) is 11.0. The van der Waals surface area contributed by atoms with Crippen LogP contribution in [-0.4, -0.2) is 28.8 Å². The number of carbonyl (C=O) groups is 1. The standard InChI is InChI=1S/C19H20ClN3O5/c1-11(2)13-5-4-12(3)17(7-13)28-10-18(24)22-21-9-14-6-15(20)8-16(19(14)25)23(26)27/h4-9,11,25H,10H2,1-3H3,(H,22,24)/b21-9+. The topological polar surface area (TPSA) is 114 Å². The molecule has 1 amide bonds. The Morgan fingerprint density at radius 1 is 1.39 bits per heavy atom. The van der Waals surface area contributed by atoms with Crippen LogP contribution in [0.5, 0.6) is 11.5 Å². The average molecular weight is 406 g/mol. The first-order chi connectivity index (χ1) is 13.2. The molecule has 9 heteroatoms. The molecular formula is C19H20ClN3O5. The molecule has 0 fully saturated rings. The van der Waals surface area contributed by atoms with Crippen LogP contribution >= 0.6 is 11.6 Å². The Kier molecular flexibility index (Phi) is 6.94. The number of nitro groups is 1. The summed E-state index contributed by atoms with van der Waals surface area (Å²) in [6, 6.07) is 8.13. The quantitative estimate of drug-likeness (QED) is 0.411. The van der Waals surface area contributed by atoms with Crippen LogP contribution in [0, 0.1) is 17.0 Å². The molecule has 0 atom stereocenters. The van der Waals surface area contributed by atoms with E-state index in [9.17, 15) is 20.0 Å². The number of nitrogens with zero attached hydrogens (tertiary/aromatic N) is 2. The molecule has 2 aromatic rings. The molecule has 0 saturated heterocycles. The minimum atomic E-state index is -0.765. The lowest BCUT2D eigenvalue weighted by Gasteiger charge is -2.12. The molecule has 0 aromatic heterocycles. The lowest BCUT2D eigenvalue weighted by Crippen LogP contribution is -2.24. The molecule has 0 heterocycles. The van der Waals surface area contributed by atoms with Crippen LogP contribution in [0.25, 0.3) is 0 Å². The van der Waals surface area contributed by atoms with Crippen molar-refractivity contribution < 1.29 is 19.6 Å². The van der Waals surface area contributed by atoms with Crippen LogP contribution in [0.15, 0.2) is 35.4 Å². The van der Waals surface area contributed by atoms with E-state index in [-0.39, 0.29) is 17.2 Å². The van der Waals surface area contributed by atoms with E-state index in [2.05, 4.69) is 24.4 Å². The van der Waals surface area contributed by atoms with E-state index in [1.165, 1.54) is 6.07 Å². The van der Waals surface area contributed by atoms with Gasteiger partial charge in [0.2, 0.25) is 5.75 Å². The monoisotopic (exact) mass is 405 g/mol. The molecule has 2 rings (SSSR count). The van der Waals surface area contributed by atoms with E-state index in [4.69, 9.17) is 16.3 Å². The molecule has 2 aromatic carbocycles. The zero-order valence-corrected chi connectivity index (χ0v) is 16.4. The van der Waals surface area contributed by atoms with Crippen molar-refractivity contribution >= 4 is 29.4 Å². The number of aryl methyl sites for hydroxylation is 1. The van der Waals surface area contributed by atoms with Crippen molar-refractivity contribution in [3.63, 3.8) is 0 Å². The molecule has 148 valence electrons. The maximum Gasteiger partial charge on any atom is 0.312 e. The minimum Gasteiger partial charge on any atom is -0.502 e. The SMILES string of the molecule is Cc1ccc(C(C)C)cc1OCC(=O)N/N=C/c1cc(Cl)cc([N+](=O)[O-])c1O. The van der Waals surface area contributed by atoms with Gasteiger partial charge in [0, 0.05) is 16.7 Å². The highest BCUT2D eigenvalue weighted by atomic mass is 35.5. The van der Waals surface area contributed by atoms with Crippen molar-refractivity contribution in [3.05, 3.63) is 62.2 Å². The highest BCUT2D eigenvalue weighted by Gasteiger charge is 2.17. The number of phenols is 1. The van der Waals surface area contributed by atoms with E-state index in [0.29, 0.717) is 11.7 Å². The molecule has 0 aliphatic rings. The smallest absolute Gasteiger partial charge is 0.312 e. The van der Waals surface area contributed by atoms with Crippen molar-refractivity contribution in [2.75, 3.05) is 6.61 Å². The van der Waals surface area contributed by atoms with E-state index in [1.807, 2.05) is 25.1 Å². The number of nitrogens with one attached hydrogen (secondary N) is 1. The Morgan fingerprint density at radius 2 is 2.11 bits per heavy atom. The number of hydrazone groups is 1. The molecule has 0 aliphatic heterocycles. The van der Waals surface area contributed by atoms with Gasteiger partial charge in [0.25, 0.3) is 5.91 Å². The van der Waals surface area contributed by atoms with Gasteiger partial charge in [-0.15, -0.1) is 0 Å². The van der Waals surface area contributed by atoms with Crippen LogP contribution in [0.3, 0.4) is 0 Å². The zero-order valence-electron chi connectivity index (χ0n) is 15.6. The number of hydrogen-bond donors (Lipinski definition) is 2. The fourth-order valence-electron chi connectivity index (χ4n) is 2.32. The van der Waals surface area contributed by atoms with Crippen molar-refractivity contribution in [1.29, 1.82) is 0 Å². The molecule has 0 spiro atoms. The first-order valence-corrected chi connectivity index (χ1v) is 8.79. The Labute approximate surface area is 166 Å². The summed E-state index contributed by atoms with van der Waals surface area (Å²) in [7, 11) is 0. The Bertz CT molecular complexity index is 928. The van der Waals surface area contributed by atoms with Gasteiger partial charge < -0.3 is 9.84 Å². The lowest BCUT2D eigenvalue weighted by atomic mass is 10.0. The minimum absolute atomic E-state index is 0.000831. The highest BCUT2D eigenvalue weighted by molar-refractivity contribution is 6.31. The summed E-state index contributed by atoms with van der Waals surface area (Å²) < 4.78 is 5.54. The Hall–Kier alpha value is -3.13. The molecule has 0 saturated carbocycles. The number of carbonyl (C=O) groups excluding carboxylic acids is 1. The molecule has 0 bridgehead atoms.